The van der Waals surface area contributed by atoms with Crippen LogP contribution in [0, 0.1) is 6.42 Å². The van der Waals surface area contributed by atoms with E-state index < -0.39 is 0 Å². The van der Waals surface area contributed by atoms with Gasteiger partial charge < -0.3 is 0 Å². The van der Waals surface area contributed by atoms with Crippen LogP contribution in [0.25, 0.3) is 0 Å². The summed E-state index contributed by atoms with van der Waals surface area (Å²) < 4.78 is 0. The van der Waals surface area contributed by atoms with Crippen molar-refractivity contribution in [2.24, 2.45) is 0 Å². The van der Waals surface area contributed by atoms with Crippen molar-refractivity contribution >= 4 is 11.8 Å². The summed E-state index contributed by atoms with van der Waals surface area (Å²) in [6, 6.07) is 0. The van der Waals surface area contributed by atoms with E-state index in [2.05, 4.69) is 25.1 Å². The third-order valence-corrected chi connectivity index (χ3v) is 3.06. The molecule has 1 aliphatic heterocycles. The SMILES string of the molecule is CCCC1[CH]CCCS1. The van der Waals surface area contributed by atoms with Gasteiger partial charge in [-0.25, -0.2) is 0 Å². The van der Waals surface area contributed by atoms with E-state index in [0.717, 1.165) is 5.25 Å². The van der Waals surface area contributed by atoms with Crippen LogP contribution in [-0.2, 0) is 0 Å². The van der Waals surface area contributed by atoms with Crippen LogP contribution >= 0.6 is 11.8 Å². The van der Waals surface area contributed by atoms with Gasteiger partial charge in [0.2, 0.25) is 0 Å². The molecular weight excluding hydrogens is 128 g/mol. The van der Waals surface area contributed by atoms with Gasteiger partial charge in [0.05, 0.1) is 0 Å². The van der Waals surface area contributed by atoms with E-state index in [0.29, 0.717) is 0 Å². The lowest BCUT2D eigenvalue weighted by atomic mass is 10.1. The van der Waals surface area contributed by atoms with Crippen LogP contribution in [0.3, 0.4) is 0 Å². The van der Waals surface area contributed by atoms with E-state index >= 15 is 0 Å². The van der Waals surface area contributed by atoms with Gasteiger partial charge >= 0.3 is 0 Å². The lowest BCUT2D eigenvalue weighted by Gasteiger charge is -2.19. The van der Waals surface area contributed by atoms with Gasteiger partial charge in [0, 0.05) is 5.25 Å². The van der Waals surface area contributed by atoms with Gasteiger partial charge in [0.25, 0.3) is 0 Å². The first-order chi connectivity index (χ1) is 4.43. The lowest BCUT2D eigenvalue weighted by molar-refractivity contribution is 0.733. The lowest BCUT2D eigenvalue weighted by Crippen LogP contribution is -2.09. The molecule has 1 radical (unpaired) electrons. The standard InChI is InChI=1S/C8H15S/c1-2-5-8-6-3-4-7-9-8/h6,8H,2-5,7H2,1H3. The number of hydrogen-bond donors (Lipinski definition) is 0. The van der Waals surface area contributed by atoms with Gasteiger partial charge in [-0.3, -0.25) is 0 Å². The van der Waals surface area contributed by atoms with Crippen LogP contribution in [-0.4, -0.2) is 11.0 Å². The Labute approximate surface area is 62.4 Å². The second kappa shape index (κ2) is 4.21. The van der Waals surface area contributed by atoms with E-state index in [9.17, 15) is 0 Å². The van der Waals surface area contributed by atoms with Gasteiger partial charge in [0.1, 0.15) is 0 Å². The average molecular weight is 143 g/mol. The fraction of sp³-hybridized carbons (Fsp3) is 0.875. The number of hydrogen-bond acceptors (Lipinski definition) is 1. The summed E-state index contributed by atoms with van der Waals surface area (Å²) in [5, 5.41) is 0.892. The first-order valence-electron chi connectivity index (χ1n) is 3.88. The van der Waals surface area contributed by atoms with Crippen molar-refractivity contribution in [3.8, 4) is 0 Å². The second-order valence-electron chi connectivity index (χ2n) is 2.58. The zero-order valence-corrected chi connectivity index (χ0v) is 6.91. The largest absolute Gasteiger partial charge is 0.158 e. The maximum atomic E-state index is 2.48. The predicted molar refractivity (Wildman–Crippen MR) is 44.7 cm³/mol. The van der Waals surface area contributed by atoms with Crippen molar-refractivity contribution in [1.29, 1.82) is 0 Å². The van der Waals surface area contributed by atoms with Crippen molar-refractivity contribution < 1.29 is 0 Å². The first-order valence-corrected chi connectivity index (χ1v) is 4.93. The monoisotopic (exact) mass is 143 g/mol. The summed E-state index contributed by atoms with van der Waals surface area (Å²) in [6.45, 7) is 2.27. The number of thioether (sulfide) groups is 1. The maximum absolute atomic E-state index is 2.48. The molecule has 1 fully saturated rings. The summed E-state index contributed by atoms with van der Waals surface area (Å²) >= 11 is 2.13. The second-order valence-corrected chi connectivity index (χ2v) is 3.92. The van der Waals surface area contributed by atoms with E-state index in [-0.39, 0.29) is 0 Å². The molecule has 0 aromatic carbocycles. The Morgan fingerprint density at radius 2 is 2.56 bits per heavy atom. The molecule has 1 unspecified atom stereocenters. The molecule has 1 aliphatic rings. The topological polar surface area (TPSA) is 0 Å². The average Bonchev–Trinajstić information content (AvgIpc) is 1.91. The third-order valence-electron chi connectivity index (χ3n) is 1.68. The summed E-state index contributed by atoms with van der Waals surface area (Å²) in [7, 11) is 0. The minimum atomic E-state index is 0.892. The molecule has 0 aliphatic carbocycles. The Balaban J connectivity index is 2.08. The van der Waals surface area contributed by atoms with E-state index in [1.54, 1.807) is 0 Å². The van der Waals surface area contributed by atoms with Crippen LogP contribution in [0.5, 0.6) is 0 Å². The summed E-state index contributed by atoms with van der Waals surface area (Å²) in [6.07, 6.45) is 7.99. The highest BCUT2D eigenvalue weighted by Crippen LogP contribution is 2.27. The van der Waals surface area contributed by atoms with Gasteiger partial charge in [-0.1, -0.05) is 13.3 Å². The van der Waals surface area contributed by atoms with Crippen LogP contribution in [0.2, 0.25) is 0 Å². The fourth-order valence-corrected chi connectivity index (χ4v) is 2.49. The molecule has 0 bridgehead atoms. The highest BCUT2D eigenvalue weighted by atomic mass is 32.2. The Kier molecular flexibility index (Phi) is 3.49. The molecule has 0 saturated carbocycles. The zero-order valence-electron chi connectivity index (χ0n) is 6.10. The zero-order chi connectivity index (χ0) is 6.53. The van der Waals surface area contributed by atoms with Gasteiger partial charge in [-0.15, -0.1) is 0 Å². The molecular formula is C8H15S. The van der Waals surface area contributed by atoms with Crippen molar-refractivity contribution in [3.63, 3.8) is 0 Å². The third kappa shape index (κ3) is 2.61. The molecule has 0 N–H and O–H groups in total. The smallest absolute Gasteiger partial charge is 0.00782 e. The molecule has 9 heavy (non-hydrogen) atoms. The van der Waals surface area contributed by atoms with Crippen LogP contribution in [0.1, 0.15) is 32.6 Å². The molecule has 0 aromatic heterocycles. The summed E-state index contributed by atoms with van der Waals surface area (Å²) in [5.74, 6) is 1.39. The van der Waals surface area contributed by atoms with E-state index in [1.807, 2.05) is 0 Å². The highest BCUT2D eigenvalue weighted by molar-refractivity contribution is 8.00. The van der Waals surface area contributed by atoms with Crippen LogP contribution in [0.15, 0.2) is 0 Å². The molecule has 1 heterocycles. The molecule has 1 heteroatoms. The normalized spacial score (nSPS) is 28.3. The van der Waals surface area contributed by atoms with Gasteiger partial charge in [0.15, 0.2) is 0 Å². The van der Waals surface area contributed by atoms with Crippen molar-refractivity contribution in [1.82, 2.24) is 0 Å². The Hall–Kier alpha value is 0.350. The summed E-state index contributed by atoms with van der Waals surface area (Å²) in [5.41, 5.74) is 0. The van der Waals surface area contributed by atoms with Crippen molar-refractivity contribution in [2.45, 2.75) is 37.9 Å². The fourth-order valence-electron chi connectivity index (χ4n) is 1.18. The molecule has 1 atom stereocenters. The molecule has 53 valence electrons. The van der Waals surface area contributed by atoms with Crippen LogP contribution < -0.4 is 0 Å². The van der Waals surface area contributed by atoms with Gasteiger partial charge in [-0.05, 0) is 31.4 Å². The molecule has 1 saturated heterocycles. The van der Waals surface area contributed by atoms with Crippen molar-refractivity contribution in [2.75, 3.05) is 5.75 Å². The molecule has 1 rings (SSSR count). The predicted octanol–water partition coefficient (Wildman–Crippen LogP) is 2.89. The minimum absolute atomic E-state index is 0.892. The van der Waals surface area contributed by atoms with E-state index in [4.69, 9.17) is 0 Å². The molecule has 0 aromatic rings. The number of rotatable bonds is 2. The Morgan fingerprint density at radius 1 is 1.67 bits per heavy atom. The summed E-state index contributed by atoms with van der Waals surface area (Å²) in [4.78, 5) is 0. The molecule has 0 nitrogen and oxygen atoms in total. The molecule has 0 spiro atoms. The minimum Gasteiger partial charge on any atom is -0.158 e. The Bertz CT molecular complexity index is 62.2. The van der Waals surface area contributed by atoms with Crippen LogP contribution in [0.4, 0.5) is 0 Å². The van der Waals surface area contributed by atoms with Crippen molar-refractivity contribution in [3.05, 3.63) is 6.42 Å². The Morgan fingerprint density at radius 3 is 3.11 bits per heavy atom. The first kappa shape index (κ1) is 7.46. The maximum Gasteiger partial charge on any atom is 0.00782 e. The van der Waals surface area contributed by atoms with Gasteiger partial charge in [-0.2, -0.15) is 11.8 Å². The molecule has 0 amide bonds. The highest BCUT2D eigenvalue weighted by Gasteiger charge is 2.11. The van der Waals surface area contributed by atoms with E-state index in [1.165, 1.54) is 31.4 Å². The quantitative estimate of drug-likeness (QED) is 0.573.